The van der Waals surface area contributed by atoms with Crippen molar-refractivity contribution in [1.29, 1.82) is 0 Å². The van der Waals surface area contributed by atoms with Crippen molar-refractivity contribution in [2.45, 2.75) is 6.61 Å². The Kier molecular flexibility index (Phi) is 11.4. The van der Waals surface area contributed by atoms with Crippen LogP contribution in [0.5, 0.6) is 17.2 Å². The molecule has 0 saturated heterocycles. The third-order valence-corrected chi connectivity index (χ3v) is 8.08. The minimum Gasteiger partial charge on any atom is -0.506 e. The summed E-state index contributed by atoms with van der Waals surface area (Å²) in [7, 11) is 0. The number of carbonyl (C=O) groups is 3. The van der Waals surface area contributed by atoms with Crippen LogP contribution >= 0.6 is 0 Å². The molecule has 0 bridgehead atoms. The highest BCUT2D eigenvalue weighted by molar-refractivity contribution is 6.16. The lowest BCUT2D eigenvalue weighted by Crippen LogP contribution is -2.54. The fourth-order valence-electron chi connectivity index (χ4n) is 5.38. The number of non-ortho nitro benzene ring substituents is 2. The summed E-state index contributed by atoms with van der Waals surface area (Å²) in [5, 5.41) is 53.5. The van der Waals surface area contributed by atoms with Crippen LogP contribution in [0.2, 0.25) is 0 Å². The van der Waals surface area contributed by atoms with Gasteiger partial charge >= 0.3 is 12.1 Å². The molecule has 6 aromatic rings. The van der Waals surface area contributed by atoms with E-state index < -0.39 is 50.7 Å². The van der Waals surface area contributed by atoms with Crippen molar-refractivity contribution < 1.29 is 39.2 Å². The number of ether oxygens (including phenoxy) is 1. The molecule has 5 N–H and O–H groups in total. The van der Waals surface area contributed by atoms with Crippen molar-refractivity contribution in [2.24, 2.45) is 0 Å². The van der Waals surface area contributed by atoms with Crippen LogP contribution in [0.4, 0.5) is 49.4 Å². The molecule has 0 unspecified atom stereocenters. The minimum absolute atomic E-state index is 0.0131. The van der Waals surface area contributed by atoms with Gasteiger partial charge in [0.25, 0.3) is 17.3 Å². The van der Waals surface area contributed by atoms with E-state index in [-0.39, 0.29) is 46.4 Å². The number of aromatic hydroxyl groups is 2. The second kappa shape index (κ2) is 17.1. The number of hydrogen-bond acceptors (Lipinski definition) is 11. The first-order chi connectivity index (χ1) is 27.5. The monoisotopic (exact) mass is 770 g/mol. The number of benzene rings is 5. The Morgan fingerprint density at radius 3 is 1.74 bits per heavy atom. The first kappa shape index (κ1) is 38.2. The summed E-state index contributed by atoms with van der Waals surface area (Å²) in [4.78, 5) is 68.2. The number of anilines is 5. The van der Waals surface area contributed by atoms with Crippen molar-refractivity contribution in [3.63, 3.8) is 0 Å². The van der Waals surface area contributed by atoms with Crippen molar-refractivity contribution >= 4 is 57.8 Å². The number of carbonyl (C=O) groups excluding carboxylic acids is 3. The summed E-state index contributed by atoms with van der Waals surface area (Å²) in [5.41, 5.74) is -0.798. The van der Waals surface area contributed by atoms with E-state index in [1.807, 2.05) is 0 Å². The number of rotatable bonds is 11. The molecule has 5 aromatic carbocycles. The Balaban J connectivity index is 1.52. The summed E-state index contributed by atoms with van der Waals surface area (Å²) in [5.74, 6) is -1.90. The van der Waals surface area contributed by atoms with Crippen molar-refractivity contribution in [1.82, 2.24) is 4.98 Å². The average molecular weight is 771 g/mol. The molecule has 0 aliphatic heterocycles. The summed E-state index contributed by atoms with van der Waals surface area (Å²) in [6.07, 6.45) is 3.14. The Morgan fingerprint density at radius 2 is 1.18 bits per heavy atom. The van der Waals surface area contributed by atoms with Crippen LogP contribution in [0.1, 0.15) is 15.9 Å². The van der Waals surface area contributed by atoms with Gasteiger partial charge in [0.2, 0.25) is 0 Å². The molecule has 57 heavy (non-hydrogen) atoms. The van der Waals surface area contributed by atoms with Gasteiger partial charge in [-0.1, -0.05) is 48.5 Å². The van der Waals surface area contributed by atoms with Gasteiger partial charge in [-0.25, -0.2) is 9.59 Å². The van der Waals surface area contributed by atoms with Crippen LogP contribution in [0, 0.1) is 20.2 Å². The second-order valence-electron chi connectivity index (χ2n) is 11.9. The molecule has 0 atom stereocenters. The van der Waals surface area contributed by atoms with Gasteiger partial charge in [0, 0.05) is 35.7 Å². The number of hydrogen-bond donors (Lipinski definition) is 5. The average Bonchev–Trinajstić information content (AvgIpc) is 3.21. The zero-order valence-corrected chi connectivity index (χ0v) is 29.4. The number of phenolic OH excluding ortho intramolecular Hbond substituents is 2. The lowest BCUT2D eigenvalue weighted by Gasteiger charge is -2.36. The maximum absolute atomic E-state index is 14.7. The molecule has 0 fully saturated rings. The van der Waals surface area contributed by atoms with E-state index in [9.17, 15) is 44.8 Å². The predicted molar refractivity (Wildman–Crippen MR) is 208 cm³/mol. The van der Waals surface area contributed by atoms with Gasteiger partial charge in [0.05, 0.1) is 44.7 Å². The van der Waals surface area contributed by atoms with Crippen LogP contribution in [-0.2, 0) is 6.61 Å². The Bertz CT molecular complexity index is 2470. The van der Waals surface area contributed by atoms with Crippen LogP contribution in [0.25, 0.3) is 0 Å². The first-order valence-electron chi connectivity index (χ1n) is 16.7. The van der Waals surface area contributed by atoms with Crippen molar-refractivity contribution in [2.75, 3.05) is 26.0 Å². The number of nitrogens with zero attached hydrogens (tertiary/aromatic N) is 5. The van der Waals surface area contributed by atoms with Gasteiger partial charge < -0.3 is 30.9 Å². The molecule has 5 amide bonds. The summed E-state index contributed by atoms with van der Waals surface area (Å²) < 4.78 is 6.14. The van der Waals surface area contributed by atoms with Crippen molar-refractivity contribution in [3.05, 3.63) is 171 Å². The van der Waals surface area contributed by atoms with Crippen LogP contribution in [-0.4, -0.2) is 43.0 Å². The second-order valence-corrected chi connectivity index (χ2v) is 11.9. The van der Waals surface area contributed by atoms with Crippen LogP contribution < -0.4 is 30.7 Å². The van der Waals surface area contributed by atoms with E-state index in [4.69, 9.17) is 4.74 Å². The molecular weight excluding hydrogens is 740 g/mol. The summed E-state index contributed by atoms with van der Waals surface area (Å²) >= 11 is 0. The van der Waals surface area contributed by atoms with Crippen molar-refractivity contribution in [3.8, 4) is 17.2 Å². The number of nitro groups is 2. The lowest BCUT2D eigenvalue weighted by molar-refractivity contribution is -0.385. The van der Waals surface area contributed by atoms with E-state index in [1.54, 1.807) is 67.0 Å². The number of para-hydroxylation sites is 4. The van der Waals surface area contributed by atoms with E-state index >= 15 is 0 Å². The van der Waals surface area contributed by atoms with Crippen LogP contribution in [0.15, 0.2) is 140 Å². The number of hydrazine groups is 1. The number of nitrogens with one attached hydrogen (secondary N) is 3. The molecule has 286 valence electrons. The van der Waals surface area contributed by atoms with Crippen LogP contribution in [0.3, 0.4) is 0 Å². The zero-order valence-electron chi connectivity index (χ0n) is 29.4. The summed E-state index contributed by atoms with van der Waals surface area (Å²) in [6, 6.07) is 27.2. The number of urea groups is 2. The SMILES string of the molecule is O=C(Nc1ccccc1N(C(=O)Nc1ccc([N+](=O)[O-])cc1O)N(C(=O)Nc1ccc([N+](=O)[O-])cc1O)c1ccccc1OCc1cccnc1)c1ccccc1. The molecule has 0 aliphatic rings. The number of phenols is 2. The maximum Gasteiger partial charge on any atom is 0.346 e. The Hall–Kier alpha value is -8.54. The third kappa shape index (κ3) is 8.99. The Labute approximate surface area is 322 Å². The molecule has 18 heteroatoms. The van der Waals surface area contributed by atoms with Gasteiger partial charge in [-0.05, 0) is 54.6 Å². The van der Waals surface area contributed by atoms with Gasteiger partial charge in [0.15, 0.2) is 0 Å². The molecule has 1 heterocycles. The molecule has 0 spiro atoms. The normalized spacial score (nSPS) is 10.5. The topological polar surface area (TPSA) is 243 Å². The van der Waals surface area contributed by atoms with Gasteiger partial charge in [-0.2, -0.15) is 10.0 Å². The predicted octanol–water partition coefficient (Wildman–Crippen LogP) is 7.83. The fraction of sp³-hybridized carbons (Fsp3) is 0.0256. The highest BCUT2D eigenvalue weighted by atomic mass is 16.6. The highest BCUT2D eigenvalue weighted by Crippen LogP contribution is 2.38. The van der Waals surface area contributed by atoms with Gasteiger partial charge in [-0.15, -0.1) is 0 Å². The van der Waals surface area contributed by atoms with Gasteiger partial charge in [-0.3, -0.25) is 30.0 Å². The standard InChI is InChI=1S/C39H30N8O10/c48-34-21-27(46(53)54)16-18-30(34)42-38(51)44(32-13-5-4-12-29(32)41-37(50)26-10-2-1-3-11-26)45(39(52)43-31-19-17-28(47(55)56)22-35(31)49)33-14-6-7-15-36(33)57-24-25-9-8-20-40-23-25/h1-23,48-49H,24H2,(H,41,50)(H,42,51)(H,43,52). The quantitative estimate of drug-likeness (QED) is 0.0483. The summed E-state index contributed by atoms with van der Waals surface area (Å²) in [6.45, 7) is -0.0456. The Morgan fingerprint density at radius 1 is 0.632 bits per heavy atom. The minimum atomic E-state index is -1.15. The molecular formula is C39H30N8O10. The number of amides is 5. The van der Waals surface area contributed by atoms with E-state index in [0.29, 0.717) is 5.56 Å². The van der Waals surface area contributed by atoms with E-state index in [1.165, 1.54) is 36.4 Å². The molecule has 18 nitrogen and oxygen atoms in total. The van der Waals surface area contributed by atoms with Gasteiger partial charge in [0.1, 0.15) is 29.5 Å². The largest absolute Gasteiger partial charge is 0.506 e. The molecule has 6 rings (SSSR count). The zero-order chi connectivity index (χ0) is 40.5. The van der Waals surface area contributed by atoms with E-state index in [0.717, 1.165) is 46.4 Å². The fourth-order valence-corrected chi connectivity index (χ4v) is 5.38. The smallest absolute Gasteiger partial charge is 0.346 e. The highest BCUT2D eigenvalue weighted by Gasteiger charge is 2.35. The number of aromatic nitrogens is 1. The first-order valence-corrected chi connectivity index (χ1v) is 16.7. The maximum atomic E-state index is 14.7. The molecule has 0 aliphatic carbocycles. The number of nitro benzene ring substituents is 2. The van der Waals surface area contributed by atoms with E-state index in [2.05, 4.69) is 20.9 Å². The third-order valence-electron chi connectivity index (χ3n) is 8.08. The lowest BCUT2D eigenvalue weighted by atomic mass is 10.2. The molecule has 1 aromatic heterocycles. The molecule has 0 saturated carbocycles. The number of pyridine rings is 1. The molecule has 0 radical (unpaired) electrons.